The molecule has 0 aliphatic heterocycles. The van der Waals surface area contributed by atoms with E-state index < -0.39 is 10.0 Å². The first-order valence-corrected chi connectivity index (χ1v) is 10.3. The average molecular weight is 381 g/mol. The van der Waals surface area contributed by atoms with Gasteiger partial charge in [0.25, 0.3) is 0 Å². The predicted octanol–water partition coefficient (Wildman–Crippen LogP) is 1.69. The highest BCUT2D eigenvalue weighted by Crippen LogP contribution is 2.23. The molecule has 1 amide bonds. The Bertz CT molecular complexity index is 942. The van der Waals surface area contributed by atoms with E-state index in [0.29, 0.717) is 12.2 Å². The van der Waals surface area contributed by atoms with Crippen LogP contribution >= 0.6 is 11.3 Å². The van der Waals surface area contributed by atoms with Crippen molar-refractivity contribution in [3.05, 3.63) is 45.0 Å². The summed E-state index contributed by atoms with van der Waals surface area (Å²) in [6.45, 7) is 2.11. The third kappa shape index (κ3) is 4.56. The molecule has 1 fully saturated rings. The Hall–Kier alpha value is -1.97. The zero-order chi connectivity index (χ0) is 18.0. The molecule has 2 N–H and O–H groups in total. The normalized spacial score (nSPS) is 14.4. The van der Waals surface area contributed by atoms with E-state index in [1.165, 1.54) is 12.1 Å². The maximum Gasteiger partial charge on any atom is 0.307 e. The lowest BCUT2D eigenvalue weighted by molar-refractivity contribution is -0.116. The molecular weight excluding hydrogens is 362 g/mol. The van der Waals surface area contributed by atoms with E-state index in [2.05, 4.69) is 10.0 Å². The third-order valence-electron chi connectivity index (χ3n) is 3.87. The SMILES string of the molecule is Cc1csc(=O)n1CCC(=O)Nc1cccc(S(=O)(=O)NC2CC2)c1. The van der Waals surface area contributed by atoms with Crippen molar-refractivity contribution in [1.82, 2.24) is 9.29 Å². The van der Waals surface area contributed by atoms with Crippen LogP contribution in [-0.2, 0) is 21.4 Å². The quantitative estimate of drug-likeness (QED) is 0.763. The summed E-state index contributed by atoms with van der Waals surface area (Å²) in [6, 6.07) is 6.18. The lowest BCUT2D eigenvalue weighted by atomic mass is 10.3. The Labute approximate surface area is 149 Å². The molecular formula is C16H19N3O4S2. The van der Waals surface area contributed by atoms with Crippen LogP contribution in [0.25, 0.3) is 0 Å². The van der Waals surface area contributed by atoms with Crippen molar-refractivity contribution in [3.8, 4) is 0 Å². The number of amides is 1. The molecule has 0 bridgehead atoms. The summed E-state index contributed by atoms with van der Waals surface area (Å²) in [5.41, 5.74) is 1.24. The number of thiazole rings is 1. The van der Waals surface area contributed by atoms with E-state index in [1.54, 1.807) is 22.1 Å². The fraction of sp³-hybridized carbons (Fsp3) is 0.375. The molecule has 9 heteroatoms. The first kappa shape index (κ1) is 17.8. The summed E-state index contributed by atoms with van der Waals surface area (Å²) in [4.78, 5) is 23.8. The summed E-state index contributed by atoms with van der Waals surface area (Å²) in [5, 5.41) is 4.43. The summed E-state index contributed by atoms with van der Waals surface area (Å²) in [6.07, 6.45) is 1.85. The fourth-order valence-electron chi connectivity index (χ4n) is 2.34. The molecule has 1 aromatic carbocycles. The van der Waals surface area contributed by atoms with Crippen LogP contribution in [0.15, 0.2) is 39.3 Å². The van der Waals surface area contributed by atoms with Crippen LogP contribution in [0.2, 0.25) is 0 Å². The summed E-state index contributed by atoms with van der Waals surface area (Å²) < 4.78 is 28.6. The van der Waals surface area contributed by atoms with E-state index in [-0.39, 0.29) is 28.1 Å². The minimum atomic E-state index is -3.56. The van der Waals surface area contributed by atoms with Crippen molar-refractivity contribution in [2.75, 3.05) is 5.32 Å². The standard InChI is InChI=1S/C16H19N3O4S2/c1-11-10-24-16(21)19(11)8-7-15(20)17-13-3-2-4-14(9-13)25(22,23)18-12-5-6-12/h2-4,9-10,12,18H,5-8H2,1H3,(H,17,20). The molecule has 1 heterocycles. The van der Waals surface area contributed by atoms with E-state index in [4.69, 9.17) is 0 Å². The van der Waals surface area contributed by atoms with Crippen LogP contribution in [0.4, 0.5) is 5.69 Å². The largest absolute Gasteiger partial charge is 0.326 e. The lowest BCUT2D eigenvalue weighted by Crippen LogP contribution is -2.26. The molecule has 25 heavy (non-hydrogen) atoms. The van der Waals surface area contributed by atoms with Gasteiger partial charge >= 0.3 is 4.87 Å². The second-order valence-corrected chi connectivity index (χ2v) is 8.55. The molecule has 0 atom stereocenters. The van der Waals surface area contributed by atoms with Crippen molar-refractivity contribution in [2.24, 2.45) is 0 Å². The van der Waals surface area contributed by atoms with Crippen LogP contribution in [0, 0.1) is 6.92 Å². The van der Waals surface area contributed by atoms with E-state index in [1.807, 2.05) is 6.92 Å². The lowest BCUT2D eigenvalue weighted by Gasteiger charge is -2.09. The van der Waals surface area contributed by atoms with Gasteiger partial charge in [-0.1, -0.05) is 17.4 Å². The Morgan fingerprint density at radius 1 is 1.36 bits per heavy atom. The highest BCUT2D eigenvalue weighted by atomic mass is 32.2. The van der Waals surface area contributed by atoms with Gasteiger partial charge in [0, 0.05) is 35.8 Å². The van der Waals surface area contributed by atoms with Crippen molar-refractivity contribution in [2.45, 2.75) is 43.7 Å². The maximum absolute atomic E-state index is 12.2. The number of carbonyl (C=O) groups excluding carboxylic acids is 1. The number of aryl methyl sites for hydroxylation is 1. The van der Waals surface area contributed by atoms with E-state index >= 15 is 0 Å². The first-order chi connectivity index (χ1) is 11.8. The van der Waals surface area contributed by atoms with Crippen LogP contribution in [0.3, 0.4) is 0 Å². The number of sulfonamides is 1. The summed E-state index contributed by atoms with van der Waals surface area (Å²) in [5.74, 6) is -0.276. The van der Waals surface area contributed by atoms with Gasteiger partial charge in [0.1, 0.15) is 0 Å². The molecule has 0 radical (unpaired) electrons. The second-order valence-electron chi connectivity index (χ2n) is 6.02. The number of nitrogens with one attached hydrogen (secondary N) is 2. The molecule has 3 rings (SSSR count). The molecule has 7 nitrogen and oxygen atoms in total. The van der Waals surface area contributed by atoms with Gasteiger partial charge in [-0.05, 0) is 38.0 Å². The molecule has 0 saturated heterocycles. The smallest absolute Gasteiger partial charge is 0.307 e. The minimum absolute atomic E-state index is 0.0235. The predicted molar refractivity (Wildman–Crippen MR) is 96.3 cm³/mol. The molecule has 0 spiro atoms. The third-order valence-corrected chi connectivity index (χ3v) is 6.27. The number of nitrogens with zero attached hydrogens (tertiary/aromatic N) is 1. The van der Waals surface area contributed by atoms with Gasteiger partial charge < -0.3 is 9.88 Å². The molecule has 1 aliphatic carbocycles. The highest BCUT2D eigenvalue weighted by molar-refractivity contribution is 7.89. The Balaban J connectivity index is 1.63. The molecule has 134 valence electrons. The Kier molecular flexibility index (Phi) is 5.07. The van der Waals surface area contributed by atoms with Gasteiger partial charge in [-0.3, -0.25) is 9.59 Å². The van der Waals surface area contributed by atoms with Gasteiger partial charge in [0.15, 0.2) is 0 Å². The Morgan fingerprint density at radius 3 is 2.76 bits per heavy atom. The Morgan fingerprint density at radius 2 is 2.12 bits per heavy atom. The average Bonchev–Trinajstić information content (AvgIpc) is 3.30. The molecule has 1 saturated carbocycles. The van der Waals surface area contributed by atoms with Gasteiger partial charge in [0.05, 0.1) is 4.90 Å². The number of benzene rings is 1. The number of rotatable bonds is 7. The number of carbonyl (C=O) groups is 1. The minimum Gasteiger partial charge on any atom is -0.326 e. The first-order valence-electron chi connectivity index (χ1n) is 7.92. The number of hydrogen-bond acceptors (Lipinski definition) is 5. The fourth-order valence-corrected chi connectivity index (χ4v) is 4.45. The van der Waals surface area contributed by atoms with Crippen LogP contribution in [-0.4, -0.2) is 24.9 Å². The topological polar surface area (TPSA) is 97.3 Å². The molecule has 2 aromatic rings. The van der Waals surface area contributed by atoms with Crippen molar-refractivity contribution in [3.63, 3.8) is 0 Å². The zero-order valence-corrected chi connectivity index (χ0v) is 15.3. The summed E-state index contributed by atoms with van der Waals surface area (Å²) >= 11 is 1.10. The van der Waals surface area contributed by atoms with Crippen LogP contribution in [0.1, 0.15) is 25.0 Å². The van der Waals surface area contributed by atoms with Crippen molar-refractivity contribution < 1.29 is 13.2 Å². The van der Waals surface area contributed by atoms with Crippen molar-refractivity contribution in [1.29, 1.82) is 0 Å². The molecule has 1 aromatic heterocycles. The van der Waals surface area contributed by atoms with E-state index in [9.17, 15) is 18.0 Å². The molecule has 1 aliphatic rings. The maximum atomic E-state index is 12.2. The number of aromatic nitrogens is 1. The highest BCUT2D eigenvalue weighted by Gasteiger charge is 2.28. The van der Waals surface area contributed by atoms with Crippen LogP contribution in [0.5, 0.6) is 0 Å². The van der Waals surface area contributed by atoms with Crippen molar-refractivity contribution >= 4 is 33.0 Å². The number of hydrogen-bond donors (Lipinski definition) is 2. The van der Waals surface area contributed by atoms with Gasteiger partial charge in [0.2, 0.25) is 15.9 Å². The molecule has 0 unspecified atom stereocenters. The zero-order valence-electron chi connectivity index (χ0n) is 13.7. The van der Waals surface area contributed by atoms with Gasteiger partial charge in [-0.25, -0.2) is 13.1 Å². The summed E-state index contributed by atoms with van der Waals surface area (Å²) in [7, 11) is -3.56. The van der Waals surface area contributed by atoms with Gasteiger partial charge in [-0.2, -0.15) is 0 Å². The monoisotopic (exact) mass is 381 g/mol. The number of anilines is 1. The van der Waals surface area contributed by atoms with E-state index in [0.717, 1.165) is 29.9 Å². The second kappa shape index (κ2) is 7.11. The van der Waals surface area contributed by atoms with Gasteiger partial charge in [-0.15, -0.1) is 0 Å². The van der Waals surface area contributed by atoms with Crippen LogP contribution < -0.4 is 14.9 Å².